The highest BCUT2D eigenvalue weighted by molar-refractivity contribution is 6.31. The van der Waals surface area contributed by atoms with Gasteiger partial charge in [-0.2, -0.15) is 4.98 Å². The standard InChI is InChI=1S/C29H29Cl2N5O2/c1-7-23-32-14-21(28(33-23)38-6)27-34-24-26(35(27)15(2)3)25(20-11-10-18(30)12-17(20)5)36(29(24)37)22-13-19(31)9-8-16(22)4/h8-15,25H,7H2,1-6H3. The van der Waals surface area contributed by atoms with Crippen molar-refractivity contribution < 1.29 is 9.53 Å². The predicted octanol–water partition coefficient (Wildman–Crippen LogP) is 7.17. The number of nitrogens with zero attached hydrogens (tertiary/aromatic N) is 5. The Balaban J connectivity index is 1.81. The van der Waals surface area contributed by atoms with E-state index in [1.165, 1.54) is 0 Å². The van der Waals surface area contributed by atoms with E-state index in [9.17, 15) is 4.79 Å². The van der Waals surface area contributed by atoms with E-state index < -0.39 is 6.04 Å². The first kappa shape index (κ1) is 26.2. The van der Waals surface area contributed by atoms with Crippen LogP contribution in [0, 0.1) is 13.8 Å². The summed E-state index contributed by atoms with van der Waals surface area (Å²) in [6.07, 6.45) is 2.41. The number of imidazole rings is 1. The van der Waals surface area contributed by atoms with E-state index in [1.54, 1.807) is 18.2 Å². The number of ether oxygens (including phenoxy) is 1. The second kappa shape index (κ2) is 10.0. The van der Waals surface area contributed by atoms with E-state index in [1.807, 2.05) is 57.2 Å². The van der Waals surface area contributed by atoms with Gasteiger partial charge in [0.25, 0.3) is 5.91 Å². The van der Waals surface area contributed by atoms with Gasteiger partial charge in [-0.1, -0.05) is 42.3 Å². The van der Waals surface area contributed by atoms with E-state index in [0.29, 0.717) is 45.3 Å². The Morgan fingerprint density at radius 1 is 1.03 bits per heavy atom. The van der Waals surface area contributed by atoms with Crippen LogP contribution in [0.5, 0.6) is 5.88 Å². The van der Waals surface area contributed by atoms with Crippen LogP contribution in [0.1, 0.15) is 71.6 Å². The van der Waals surface area contributed by atoms with Crippen LogP contribution in [0.2, 0.25) is 10.0 Å². The number of rotatable bonds is 6. The van der Waals surface area contributed by atoms with E-state index in [2.05, 4.69) is 28.4 Å². The van der Waals surface area contributed by atoms with E-state index >= 15 is 0 Å². The maximum absolute atomic E-state index is 14.2. The Morgan fingerprint density at radius 3 is 2.39 bits per heavy atom. The molecular weight excluding hydrogens is 521 g/mol. The lowest BCUT2D eigenvalue weighted by Gasteiger charge is -2.30. The highest BCUT2D eigenvalue weighted by Crippen LogP contribution is 2.47. The van der Waals surface area contributed by atoms with Crippen LogP contribution in [-0.2, 0) is 6.42 Å². The summed E-state index contributed by atoms with van der Waals surface area (Å²) in [5.41, 5.74) is 5.42. The number of aryl methyl sites for hydroxylation is 3. The largest absolute Gasteiger partial charge is 0.480 e. The Kier molecular flexibility index (Phi) is 6.92. The number of hydrogen-bond acceptors (Lipinski definition) is 5. The van der Waals surface area contributed by atoms with Gasteiger partial charge < -0.3 is 9.30 Å². The number of halogens is 2. The van der Waals surface area contributed by atoms with Gasteiger partial charge in [0, 0.05) is 34.4 Å². The Labute approximate surface area is 232 Å². The van der Waals surface area contributed by atoms with Crippen LogP contribution in [-0.4, -0.2) is 32.5 Å². The number of amides is 1. The molecule has 0 aliphatic carbocycles. The molecule has 0 spiro atoms. The van der Waals surface area contributed by atoms with Crippen molar-refractivity contribution in [1.82, 2.24) is 19.5 Å². The van der Waals surface area contributed by atoms with Crippen molar-refractivity contribution in [2.75, 3.05) is 12.0 Å². The maximum Gasteiger partial charge on any atom is 0.279 e. The number of anilines is 1. The minimum absolute atomic E-state index is 0.0277. The Hall–Kier alpha value is -3.42. The van der Waals surface area contributed by atoms with Crippen molar-refractivity contribution in [2.45, 2.75) is 53.1 Å². The number of carbonyl (C=O) groups excluding carboxylic acids is 1. The molecule has 9 heteroatoms. The van der Waals surface area contributed by atoms with Crippen LogP contribution in [0.25, 0.3) is 11.4 Å². The first-order chi connectivity index (χ1) is 18.2. The fourth-order valence-corrected chi connectivity index (χ4v) is 5.53. The van der Waals surface area contributed by atoms with E-state index in [-0.39, 0.29) is 11.9 Å². The molecule has 0 N–H and O–H groups in total. The highest BCUT2D eigenvalue weighted by atomic mass is 35.5. The first-order valence-electron chi connectivity index (χ1n) is 12.5. The third-order valence-electron chi connectivity index (χ3n) is 6.91. The van der Waals surface area contributed by atoms with E-state index in [4.69, 9.17) is 32.9 Å². The molecule has 0 saturated heterocycles. The molecule has 1 amide bonds. The molecule has 5 rings (SSSR count). The number of carbonyl (C=O) groups is 1. The molecule has 3 heterocycles. The van der Waals surface area contributed by atoms with Crippen molar-refractivity contribution in [2.24, 2.45) is 0 Å². The number of methoxy groups -OCH3 is 1. The summed E-state index contributed by atoms with van der Waals surface area (Å²) in [7, 11) is 1.58. The van der Waals surface area contributed by atoms with Gasteiger partial charge in [0.1, 0.15) is 17.7 Å². The van der Waals surface area contributed by atoms with Crippen molar-refractivity contribution >= 4 is 34.8 Å². The first-order valence-corrected chi connectivity index (χ1v) is 13.3. The van der Waals surface area contributed by atoms with Crippen molar-refractivity contribution in [1.29, 1.82) is 0 Å². The zero-order chi connectivity index (χ0) is 27.3. The average molecular weight is 550 g/mol. The van der Waals surface area contributed by atoms with Crippen LogP contribution in [0.15, 0.2) is 42.6 Å². The normalized spacial score (nSPS) is 14.9. The van der Waals surface area contributed by atoms with Crippen LogP contribution < -0.4 is 9.64 Å². The van der Waals surface area contributed by atoms with Gasteiger partial charge in [0.15, 0.2) is 5.69 Å². The second-order valence-electron chi connectivity index (χ2n) is 9.71. The van der Waals surface area contributed by atoms with Gasteiger partial charge >= 0.3 is 0 Å². The topological polar surface area (TPSA) is 73.1 Å². The summed E-state index contributed by atoms with van der Waals surface area (Å²) in [4.78, 5) is 30.0. The molecule has 1 atom stereocenters. The minimum Gasteiger partial charge on any atom is -0.480 e. The lowest BCUT2D eigenvalue weighted by molar-refractivity contribution is 0.0989. The zero-order valence-electron chi connectivity index (χ0n) is 22.2. The summed E-state index contributed by atoms with van der Waals surface area (Å²) in [5.74, 6) is 1.50. The second-order valence-corrected chi connectivity index (χ2v) is 10.6. The number of fused-ring (bicyclic) bond motifs is 1. The minimum atomic E-state index is -0.447. The maximum atomic E-state index is 14.2. The summed E-state index contributed by atoms with van der Waals surface area (Å²) in [6, 6.07) is 10.9. The SMILES string of the molecule is CCc1ncc(-c2nc3c(n2C(C)C)C(c2ccc(Cl)cc2C)N(c2cc(Cl)ccc2C)C3=O)c(OC)n1. The zero-order valence-corrected chi connectivity index (χ0v) is 23.7. The number of hydrogen-bond donors (Lipinski definition) is 0. The van der Waals surface area contributed by atoms with Gasteiger partial charge in [-0.25, -0.2) is 9.97 Å². The quantitative estimate of drug-likeness (QED) is 0.255. The van der Waals surface area contributed by atoms with Crippen LogP contribution in [0.3, 0.4) is 0 Å². The van der Waals surface area contributed by atoms with Gasteiger partial charge in [0.05, 0.1) is 18.4 Å². The highest BCUT2D eigenvalue weighted by Gasteiger charge is 2.46. The summed E-state index contributed by atoms with van der Waals surface area (Å²) >= 11 is 12.7. The summed E-state index contributed by atoms with van der Waals surface area (Å²) in [6.45, 7) is 10.1. The van der Waals surface area contributed by atoms with Crippen LogP contribution >= 0.6 is 23.2 Å². The van der Waals surface area contributed by atoms with E-state index in [0.717, 1.165) is 28.1 Å². The van der Waals surface area contributed by atoms with Gasteiger partial charge in [0.2, 0.25) is 5.88 Å². The van der Waals surface area contributed by atoms with Gasteiger partial charge in [-0.05, 0) is 68.7 Å². The third kappa shape index (κ3) is 4.24. The van der Waals surface area contributed by atoms with Gasteiger partial charge in [-0.3, -0.25) is 9.69 Å². The molecule has 7 nitrogen and oxygen atoms in total. The molecule has 4 aromatic rings. The molecule has 0 saturated carbocycles. The predicted molar refractivity (Wildman–Crippen MR) is 151 cm³/mol. The third-order valence-corrected chi connectivity index (χ3v) is 7.38. The Bertz CT molecular complexity index is 1560. The van der Waals surface area contributed by atoms with Crippen LogP contribution in [0.4, 0.5) is 5.69 Å². The summed E-state index contributed by atoms with van der Waals surface area (Å²) in [5, 5.41) is 1.19. The monoisotopic (exact) mass is 549 g/mol. The van der Waals surface area contributed by atoms with Crippen molar-refractivity contribution in [3.8, 4) is 17.3 Å². The molecule has 2 aromatic heterocycles. The fraction of sp³-hybridized carbons (Fsp3) is 0.310. The molecule has 38 heavy (non-hydrogen) atoms. The Morgan fingerprint density at radius 2 is 1.74 bits per heavy atom. The van der Waals surface area contributed by atoms with Gasteiger partial charge in [-0.15, -0.1) is 0 Å². The average Bonchev–Trinajstić information content (AvgIpc) is 3.40. The molecule has 0 bridgehead atoms. The molecule has 1 aliphatic rings. The smallest absolute Gasteiger partial charge is 0.279 e. The lowest BCUT2D eigenvalue weighted by atomic mass is 9.97. The molecule has 1 aliphatic heterocycles. The number of aromatic nitrogens is 4. The summed E-state index contributed by atoms with van der Waals surface area (Å²) < 4.78 is 7.73. The van der Waals surface area contributed by atoms with Crippen molar-refractivity contribution in [3.63, 3.8) is 0 Å². The molecule has 0 radical (unpaired) electrons. The molecular formula is C29H29Cl2N5O2. The van der Waals surface area contributed by atoms with Crippen molar-refractivity contribution in [3.05, 3.63) is 86.5 Å². The molecule has 196 valence electrons. The fourth-order valence-electron chi connectivity index (χ4n) is 5.13. The molecule has 0 fully saturated rings. The molecule has 1 unspecified atom stereocenters. The lowest BCUT2D eigenvalue weighted by Crippen LogP contribution is -2.31. The number of benzene rings is 2. The molecule has 2 aromatic carbocycles.